The number of aryl methyl sites for hydroxylation is 1. The van der Waals surface area contributed by atoms with Crippen molar-refractivity contribution in [2.45, 2.75) is 57.4 Å². The highest BCUT2D eigenvalue weighted by molar-refractivity contribution is 7.89. The number of nitrogens with two attached hydrogens (primary N) is 1. The van der Waals surface area contributed by atoms with Crippen molar-refractivity contribution in [1.29, 1.82) is 0 Å². The monoisotopic (exact) mass is 330 g/mol. The van der Waals surface area contributed by atoms with E-state index in [0.717, 1.165) is 25.7 Å². The summed E-state index contributed by atoms with van der Waals surface area (Å²) in [6.07, 6.45) is 3.92. The summed E-state index contributed by atoms with van der Waals surface area (Å²) in [6, 6.07) is 2.97. The molecule has 2 rings (SSSR count). The maximum atomic E-state index is 12.5. The molecule has 1 fully saturated rings. The predicted molar refractivity (Wildman–Crippen MR) is 87.0 cm³/mol. The molecule has 4 nitrogen and oxygen atoms in total. The smallest absolute Gasteiger partial charge is 0.240 e. The van der Waals surface area contributed by atoms with Crippen LogP contribution in [0.5, 0.6) is 0 Å². The highest BCUT2D eigenvalue weighted by Crippen LogP contribution is 2.36. The fraction of sp³-hybridized carbons (Fsp3) is 0.600. The SMILES string of the molecule is Cc1cc(S(=O)(=O)NC2CCCC(C)(C)C2)cc(N)c1Cl. The van der Waals surface area contributed by atoms with Gasteiger partial charge >= 0.3 is 0 Å². The van der Waals surface area contributed by atoms with E-state index in [1.807, 2.05) is 0 Å². The maximum Gasteiger partial charge on any atom is 0.240 e. The van der Waals surface area contributed by atoms with Gasteiger partial charge in [0.2, 0.25) is 10.0 Å². The quantitative estimate of drug-likeness (QED) is 0.833. The van der Waals surface area contributed by atoms with Gasteiger partial charge in [-0.25, -0.2) is 13.1 Å². The molecule has 1 aromatic carbocycles. The van der Waals surface area contributed by atoms with Gasteiger partial charge in [-0.1, -0.05) is 31.9 Å². The molecule has 1 saturated carbocycles. The zero-order chi connectivity index (χ0) is 15.8. The first-order valence-corrected chi connectivity index (χ1v) is 9.05. The Balaban J connectivity index is 2.23. The van der Waals surface area contributed by atoms with Crippen LogP contribution in [0.25, 0.3) is 0 Å². The summed E-state index contributed by atoms with van der Waals surface area (Å²) < 4.78 is 27.8. The van der Waals surface area contributed by atoms with Crippen LogP contribution in [0.15, 0.2) is 17.0 Å². The van der Waals surface area contributed by atoms with Gasteiger partial charge in [0.1, 0.15) is 0 Å². The van der Waals surface area contributed by atoms with E-state index in [1.165, 1.54) is 6.07 Å². The molecule has 0 saturated heterocycles. The number of benzene rings is 1. The van der Waals surface area contributed by atoms with Gasteiger partial charge in [-0.05, 0) is 49.3 Å². The summed E-state index contributed by atoms with van der Waals surface area (Å²) >= 11 is 5.99. The first-order valence-electron chi connectivity index (χ1n) is 7.19. The van der Waals surface area contributed by atoms with Crippen LogP contribution in [0.2, 0.25) is 5.02 Å². The van der Waals surface area contributed by atoms with Crippen LogP contribution >= 0.6 is 11.6 Å². The Kier molecular flexibility index (Phi) is 4.57. The van der Waals surface area contributed by atoms with Crippen LogP contribution in [0.4, 0.5) is 5.69 Å². The average Bonchev–Trinajstić information content (AvgIpc) is 2.33. The van der Waals surface area contributed by atoms with Crippen LogP contribution < -0.4 is 10.5 Å². The number of nitrogens with one attached hydrogen (secondary N) is 1. The average molecular weight is 331 g/mol. The molecule has 0 heterocycles. The number of rotatable bonds is 3. The van der Waals surface area contributed by atoms with E-state index < -0.39 is 10.0 Å². The molecule has 21 heavy (non-hydrogen) atoms. The van der Waals surface area contributed by atoms with Crippen molar-refractivity contribution in [1.82, 2.24) is 4.72 Å². The van der Waals surface area contributed by atoms with Gasteiger partial charge in [0.25, 0.3) is 0 Å². The van der Waals surface area contributed by atoms with Crippen molar-refractivity contribution in [3.63, 3.8) is 0 Å². The van der Waals surface area contributed by atoms with E-state index in [-0.39, 0.29) is 16.4 Å². The molecule has 118 valence electrons. The minimum Gasteiger partial charge on any atom is -0.397 e. The third-order valence-electron chi connectivity index (χ3n) is 4.09. The molecule has 6 heteroatoms. The number of hydrogen-bond acceptors (Lipinski definition) is 3. The molecule has 0 radical (unpaired) electrons. The van der Waals surface area contributed by atoms with E-state index in [4.69, 9.17) is 17.3 Å². The molecule has 1 aromatic rings. The second kappa shape index (κ2) is 5.78. The van der Waals surface area contributed by atoms with Crippen molar-refractivity contribution < 1.29 is 8.42 Å². The third-order valence-corrected chi connectivity index (χ3v) is 6.11. The Hall–Kier alpha value is -0.780. The van der Waals surface area contributed by atoms with Gasteiger partial charge < -0.3 is 5.73 Å². The van der Waals surface area contributed by atoms with Crippen molar-refractivity contribution in [3.05, 3.63) is 22.7 Å². The first kappa shape index (κ1) is 16.6. The molecular weight excluding hydrogens is 308 g/mol. The summed E-state index contributed by atoms with van der Waals surface area (Å²) in [5.41, 5.74) is 6.91. The van der Waals surface area contributed by atoms with Gasteiger partial charge in [-0.3, -0.25) is 0 Å². The number of hydrogen-bond donors (Lipinski definition) is 2. The van der Waals surface area contributed by atoms with Crippen LogP contribution in [0.3, 0.4) is 0 Å². The van der Waals surface area contributed by atoms with Crippen LogP contribution in [0, 0.1) is 12.3 Å². The summed E-state index contributed by atoms with van der Waals surface area (Å²) in [7, 11) is -3.56. The predicted octanol–water partition coefficient (Wildman–Crippen LogP) is 3.48. The molecule has 0 spiro atoms. The molecule has 0 aliphatic heterocycles. The molecule has 0 aromatic heterocycles. The minimum absolute atomic E-state index is 0.0176. The Bertz CT molecular complexity index is 618. The summed E-state index contributed by atoms with van der Waals surface area (Å²) in [5.74, 6) is 0. The van der Waals surface area contributed by atoms with E-state index in [9.17, 15) is 8.42 Å². The largest absolute Gasteiger partial charge is 0.397 e. The second-order valence-electron chi connectivity index (χ2n) is 6.72. The topological polar surface area (TPSA) is 72.2 Å². The van der Waals surface area contributed by atoms with Crippen LogP contribution in [-0.4, -0.2) is 14.5 Å². The zero-order valence-corrected chi connectivity index (χ0v) is 14.3. The zero-order valence-electron chi connectivity index (χ0n) is 12.7. The minimum atomic E-state index is -3.56. The maximum absolute atomic E-state index is 12.5. The van der Waals surface area contributed by atoms with Crippen LogP contribution in [-0.2, 0) is 10.0 Å². The molecular formula is C15H23ClN2O2S. The summed E-state index contributed by atoms with van der Waals surface area (Å²) in [6.45, 7) is 6.11. The third kappa shape index (κ3) is 3.90. The highest BCUT2D eigenvalue weighted by Gasteiger charge is 2.31. The Morgan fingerprint density at radius 1 is 1.38 bits per heavy atom. The molecule has 1 aliphatic rings. The molecule has 0 amide bonds. The normalized spacial score (nSPS) is 22.2. The van der Waals surface area contributed by atoms with Crippen molar-refractivity contribution in [3.8, 4) is 0 Å². The van der Waals surface area contributed by atoms with Gasteiger partial charge in [-0.2, -0.15) is 0 Å². The van der Waals surface area contributed by atoms with Crippen molar-refractivity contribution in [2.75, 3.05) is 5.73 Å². The molecule has 0 bridgehead atoms. The Labute approximate surface area is 132 Å². The fourth-order valence-electron chi connectivity index (χ4n) is 3.00. The Morgan fingerprint density at radius 2 is 2.05 bits per heavy atom. The van der Waals surface area contributed by atoms with E-state index in [2.05, 4.69) is 18.6 Å². The summed E-state index contributed by atoms with van der Waals surface area (Å²) in [4.78, 5) is 0.185. The molecule has 1 atom stereocenters. The number of nitrogen functional groups attached to an aromatic ring is 1. The number of halogens is 1. The lowest BCUT2D eigenvalue weighted by Gasteiger charge is -2.35. The van der Waals surface area contributed by atoms with E-state index in [1.54, 1.807) is 13.0 Å². The molecule has 1 unspecified atom stereocenters. The fourth-order valence-corrected chi connectivity index (χ4v) is 4.50. The lowest BCUT2D eigenvalue weighted by atomic mass is 9.75. The first-order chi connectivity index (χ1) is 9.61. The molecule has 1 aliphatic carbocycles. The van der Waals surface area contributed by atoms with E-state index in [0.29, 0.717) is 16.3 Å². The second-order valence-corrected chi connectivity index (χ2v) is 8.81. The highest BCUT2D eigenvalue weighted by atomic mass is 35.5. The standard InChI is InChI=1S/C15H23ClN2O2S/c1-10-7-12(8-13(17)14(10)16)21(19,20)18-11-5-4-6-15(2,3)9-11/h7-8,11,18H,4-6,9,17H2,1-3H3. The number of anilines is 1. The van der Waals surface area contributed by atoms with Crippen molar-refractivity contribution in [2.24, 2.45) is 5.41 Å². The molecule has 3 N–H and O–H groups in total. The van der Waals surface area contributed by atoms with Crippen molar-refractivity contribution >= 4 is 27.3 Å². The van der Waals surface area contributed by atoms with Gasteiger partial charge in [-0.15, -0.1) is 0 Å². The van der Waals surface area contributed by atoms with Crippen LogP contribution in [0.1, 0.15) is 45.1 Å². The summed E-state index contributed by atoms with van der Waals surface area (Å²) in [5, 5.41) is 0.410. The lowest BCUT2D eigenvalue weighted by molar-refractivity contribution is 0.212. The lowest BCUT2D eigenvalue weighted by Crippen LogP contribution is -2.40. The number of sulfonamides is 1. The van der Waals surface area contributed by atoms with Gasteiger partial charge in [0.15, 0.2) is 0 Å². The van der Waals surface area contributed by atoms with E-state index >= 15 is 0 Å². The Morgan fingerprint density at radius 3 is 2.62 bits per heavy atom. The van der Waals surface area contributed by atoms with Gasteiger partial charge in [0, 0.05) is 6.04 Å². The van der Waals surface area contributed by atoms with Gasteiger partial charge in [0.05, 0.1) is 15.6 Å².